The van der Waals surface area contributed by atoms with Gasteiger partial charge in [-0.3, -0.25) is 4.79 Å². The highest BCUT2D eigenvalue weighted by atomic mass is 35.5. The molecule has 1 heterocycles. The normalized spacial score (nSPS) is 23.9. The van der Waals surface area contributed by atoms with Gasteiger partial charge in [-0.25, -0.2) is 0 Å². The van der Waals surface area contributed by atoms with Crippen molar-refractivity contribution in [3.8, 4) is 0 Å². The standard InChI is InChI=1S/C12H21ClN2O/c13-5-8-14-6-2-7-15(10-9-14)12(16)11-3-1-4-11/h11H,1-10H2. The monoisotopic (exact) mass is 244 g/mol. The zero-order valence-corrected chi connectivity index (χ0v) is 10.6. The summed E-state index contributed by atoms with van der Waals surface area (Å²) in [5.41, 5.74) is 0. The van der Waals surface area contributed by atoms with Crippen LogP contribution < -0.4 is 0 Å². The topological polar surface area (TPSA) is 23.6 Å². The number of carbonyl (C=O) groups excluding carboxylic acids is 1. The van der Waals surface area contributed by atoms with Crippen LogP contribution in [0.1, 0.15) is 25.7 Å². The lowest BCUT2D eigenvalue weighted by Gasteiger charge is -2.31. The van der Waals surface area contributed by atoms with Gasteiger partial charge in [0.15, 0.2) is 0 Å². The quantitative estimate of drug-likeness (QED) is 0.704. The number of carbonyl (C=O) groups is 1. The molecule has 92 valence electrons. The Kier molecular flexibility index (Phi) is 4.47. The van der Waals surface area contributed by atoms with Gasteiger partial charge in [-0.15, -0.1) is 11.6 Å². The summed E-state index contributed by atoms with van der Waals surface area (Å²) in [6.45, 7) is 4.86. The number of halogens is 1. The zero-order valence-electron chi connectivity index (χ0n) is 9.83. The SMILES string of the molecule is O=C(C1CCC1)N1CCCN(CCCl)CC1. The van der Waals surface area contributed by atoms with Crippen LogP contribution in [-0.2, 0) is 4.79 Å². The van der Waals surface area contributed by atoms with Crippen molar-refractivity contribution < 1.29 is 4.79 Å². The third-order valence-corrected chi connectivity index (χ3v) is 3.92. The van der Waals surface area contributed by atoms with Gasteiger partial charge in [0, 0.05) is 38.0 Å². The lowest BCUT2D eigenvalue weighted by atomic mass is 9.84. The van der Waals surface area contributed by atoms with E-state index in [1.807, 2.05) is 0 Å². The van der Waals surface area contributed by atoms with E-state index >= 15 is 0 Å². The van der Waals surface area contributed by atoms with E-state index in [0.717, 1.165) is 52.0 Å². The number of nitrogens with zero attached hydrogens (tertiary/aromatic N) is 2. The van der Waals surface area contributed by atoms with Crippen molar-refractivity contribution in [1.29, 1.82) is 0 Å². The molecule has 4 heteroatoms. The second kappa shape index (κ2) is 5.87. The summed E-state index contributed by atoms with van der Waals surface area (Å²) in [5.74, 6) is 1.44. The lowest BCUT2D eigenvalue weighted by molar-refractivity contribution is -0.138. The van der Waals surface area contributed by atoms with Crippen LogP contribution in [0.3, 0.4) is 0 Å². The zero-order chi connectivity index (χ0) is 11.4. The Hall–Kier alpha value is -0.280. The van der Waals surface area contributed by atoms with Crippen LogP contribution in [0.4, 0.5) is 0 Å². The number of amides is 1. The largest absolute Gasteiger partial charge is 0.341 e. The molecule has 0 bridgehead atoms. The van der Waals surface area contributed by atoms with E-state index in [9.17, 15) is 4.79 Å². The molecule has 3 nitrogen and oxygen atoms in total. The fourth-order valence-electron chi connectivity index (χ4n) is 2.45. The molecule has 0 atom stereocenters. The molecule has 1 saturated carbocycles. The van der Waals surface area contributed by atoms with Crippen molar-refractivity contribution in [2.45, 2.75) is 25.7 Å². The van der Waals surface area contributed by atoms with Crippen LogP contribution in [0, 0.1) is 5.92 Å². The molecule has 0 aromatic rings. The van der Waals surface area contributed by atoms with Gasteiger partial charge in [0.25, 0.3) is 0 Å². The number of alkyl halides is 1. The van der Waals surface area contributed by atoms with E-state index < -0.39 is 0 Å². The number of hydrogen-bond donors (Lipinski definition) is 0. The van der Waals surface area contributed by atoms with Gasteiger partial charge in [-0.05, 0) is 25.8 Å². The Morgan fingerprint density at radius 3 is 2.56 bits per heavy atom. The Morgan fingerprint density at radius 2 is 1.94 bits per heavy atom. The molecular formula is C12H21ClN2O. The third-order valence-electron chi connectivity index (χ3n) is 3.76. The summed E-state index contributed by atoms with van der Waals surface area (Å²) in [6, 6.07) is 0. The predicted octanol–water partition coefficient (Wildman–Crippen LogP) is 1.56. The maximum Gasteiger partial charge on any atom is 0.225 e. The Morgan fingerprint density at radius 1 is 1.12 bits per heavy atom. The molecule has 16 heavy (non-hydrogen) atoms. The van der Waals surface area contributed by atoms with Gasteiger partial charge in [-0.1, -0.05) is 6.42 Å². The summed E-state index contributed by atoms with van der Waals surface area (Å²) in [6.07, 6.45) is 4.55. The first-order chi connectivity index (χ1) is 7.81. The molecule has 1 amide bonds. The van der Waals surface area contributed by atoms with Gasteiger partial charge >= 0.3 is 0 Å². The number of rotatable bonds is 3. The van der Waals surface area contributed by atoms with Crippen molar-refractivity contribution in [2.24, 2.45) is 5.92 Å². The minimum absolute atomic E-state index is 0.347. The van der Waals surface area contributed by atoms with Crippen molar-refractivity contribution in [1.82, 2.24) is 9.80 Å². The molecule has 0 N–H and O–H groups in total. The van der Waals surface area contributed by atoms with Gasteiger partial charge in [-0.2, -0.15) is 0 Å². The second-order valence-electron chi connectivity index (χ2n) is 4.84. The molecule has 0 unspecified atom stereocenters. The fourth-order valence-corrected chi connectivity index (χ4v) is 2.69. The van der Waals surface area contributed by atoms with Crippen LogP contribution in [0.25, 0.3) is 0 Å². The highest BCUT2D eigenvalue weighted by Gasteiger charge is 2.30. The molecule has 2 aliphatic rings. The van der Waals surface area contributed by atoms with Crippen molar-refractivity contribution in [3.05, 3.63) is 0 Å². The van der Waals surface area contributed by atoms with Crippen molar-refractivity contribution >= 4 is 17.5 Å². The Labute approximate surface area is 103 Å². The van der Waals surface area contributed by atoms with E-state index in [-0.39, 0.29) is 0 Å². The van der Waals surface area contributed by atoms with Gasteiger partial charge in [0.1, 0.15) is 0 Å². The molecule has 2 rings (SSSR count). The first-order valence-corrected chi connectivity index (χ1v) is 6.92. The minimum atomic E-state index is 0.347. The van der Waals surface area contributed by atoms with Crippen molar-refractivity contribution in [3.63, 3.8) is 0 Å². The van der Waals surface area contributed by atoms with Crippen LogP contribution in [0.5, 0.6) is 0 Å². The maximum absolute atomic E-state index is 12.1. The molecule has 0 aromatic carbocycles. The van der Waals surface area contributed by atoms with E-state index in [2.05, 4.69) is 9.80 Å². The second-order valence-corrected chi connectivity index (χ2v) is 5.22. The first kappa shape index (κ1) is 12.2. The van der Waals surface area contributed by atoms with Gasteiger partial charge in [0.2, 0.25) is 5.91 Å². The van der Waals surface area contributed by atoms with Crippen LogP contribution in [0.2, 0.25) is 0 Å². The summed E-state index contributed by atoms with van der Waals surface area (Å²) in [5, 5.41) is 0. The average molecular weight is 245 g/mol. The minimum Gasteiger partial charge on any atom is -0.341 e. The van der Waals surface area contributed by atoms with Gasteiger partial charge < -0.3 is 9.80 Å². The molecule has 0 aromatic heterocycles. The maximum atomic E-state index is 12.1. The Bertz CT molecular complexity index is 243. The van der Waals surface area contributed by atoms with Crippen LogP contribution in [-0.4, -0.2) is 54.3 Å². The van der Waals surface area contributed by atoms with Gasteiger partial charge in [0.05, 0.1) is 0 Å². The summed E-state index contributed by atoms with van der Waals surface area (Å²) < 4.78 is 0. The lowest BCUT2D eigenvalue weighted by Crippen LogP contribution is -2.41. The highest BCUT2D eigenvalue weighted by molar-refractivity contribution is 6.18. The highest BCUT2D eigenvalue weighted by Crippen LogP contribution is 2.28. The molecule has 0 spiro atoms. The molecule has 1 saturated heterocycles. The predicted molar refractivity (Wildman–Crippen MR) is 65.7 cm³/mol. The molecule has 2 fully saturated rings. The van der Waals surface area contributed by atoms with E-state index in [1.165, 1.54) is 6.42 Å². The third kappa shape index (κ3) is 2.89. The number of hydrogen-bond acceptors (Lipinski definition) is 2. The van der Waals surface area contributed by atoms with Crippen LogP contribution in [0.15, 0.2) is 0 Å². The molecule has 0 radical (unpaired) electrons. The first-order valence-electron chi connectivity index (χ1n) is 6.38. The Balaban J connectivity index is 1.80. The fraction of sp³-hybridized carbons (Fsp3) is 0.917. The van der Waals surface area contributed by atoms with E-state index in [4.69, 9.17) is 11.6 Å². The van der Waals surface area contributed by atoms with Crippen LogP contribution >= 0.6 is 11.6 Å². The molecule has 1 aliphatic heterocycles. The van der Waals surface area contributed by atoms with E-state index in [1.54, 1.807) is 0 Å². The average Bonchev–Trinajstić information content (AvgIpc) is 2.41. The molecule has 1 aliphatic carbocycles. The van der Waals surface area contributed by atoms with Crippen molar-refractivity contribution in [2.75, 3.05) is 38.6 Å². The summed E-state index contributed by atoms with van der Waals surface area (Å²) >= 11 is 5.75. The van der Waals surface area contributed by atoms with E-state index in [0.29, 0.717) is 17.7 Å². The summed E-state index contributed by atoms with van der Waals surface area (Å²) in [4.78, 5) is 16.5. The smallest absolute Gasteiger partial charge is 0.225 e. The summed E-state index contributed by atoms with van der Waals surface area (Å²) in [7, 11) is 0. The molecular weight excluding hydrogens is 224 g/mol.